The van der Waals surface area contributed by atoms with Gasteiger partial charge < -0.3 is 9.84 Å². The van der Waals surface area contributed by atoms with Gasteiger partial charge in [0, 0.05) is 5.39 Å². The number of aryl methyl sites for hydroxylation is 2. The topological polar surface area (TPSA) is 79.2 Å². The van der Waals surface area contributed by atoms with Gasteiger partial charge in [0.2, 0.25) is 0 Å². The number of carbonyl (C=O) groups excluding carboxylic acids is 2. The number of phenols is 1. The Balaban J connectivity index is 1.56. The standard InChI is InChI=1S/C23H17IN2O4/c1-2-30-18-10-12(9-17(24)21(18)27)11-25-26-22(28)15-7-5-13-3-4-14-6-8-16(23(26)29)20(15)19(13)14/h5-11,27H,2-4H2,1H3. The van der Waals surface area contributed by atoms with Crippen molar-refractivity contribution in [3.05, 3.63) is 67.8 Å². The van der Waals surface area contributed by atoms with Gasteiger partial charge in [0.1, 0.15) is 0 Å². The molecule has 5 rings (SSSR count). The van der Waals surface area contributed by atoms with E-state index in [2.05, 4.69) is 5.10 Å². The number of phenolic OH excluding ortho intramolecular Hbond substituents is 1. The predicted octanol–water partition coefficient (Wildman–Crippen LogP) is 4.28. The zero-order valence-electron chi connectivity index (χ0n) is 16.1. The van der Waals surface area contributed by atoms with E-state index in [1.807, 2.05) is 41.6 Å². The number of nitrogens with zero attached hydrogens (tertiary/aromatic N) is 2. The molecule has 0 unspecified atom stereocenters. The summed E-state index contributed by atoms with van der Waals surface area (Å²) in [4.78, 5) is 26.2. The minimum Gasteiger partial charge on any atom is -0.504 e. The van der Waals surface area contributed by atoms with Gasteiger partial charge in [0.25, 0.3) is 11.8 Å². The Hall–Kier alpha value is -2.94. The van der Waals surface area contributed by atoms with Crippen molar-refractivity contribution in [1.29, 1.82) is 0 Å². The second kappa shape index (κ2) is 7.09. The van der Waals surface area contributed by atoms with Crippen LogP contribution in [0.15, 0.2) is 41.5 Å². The summed E-state index contributed by atoms with van der Waals surface area (Å²) in [6, 6.07) is 10.9. The first-order valence-electron chi connectivity index (χ1n) is 9.65. The van der Waals surface area contributed by atoms with E-state index < -0.39 is 11.8 Å². The first kappa shape index (κ1) is 19.0. The van der Waals surface area contributed by atoms with Crippen molar-refractivity contribution < 1.29 is 19.4 Å². The molecule has 0 saturated carbocycles. The second-order valence-electron chi connectivity index (χ2n) is 7.24. The highest BCUT2D eigenvalue weighted by molar-refractivity contribution is 14.1. The molecule has 0 spiro atoms. The SMILES string of the molecule is CCOc1cc(C=NN2C(=O)c3ccc4c5c(ccc(c35)C2=O)CC4)cc(I)c1O. The molecule has 1 aliphatic carbocycles. The van der Waals surface area contributed by atoms with Crippen molar-refractivity contribution >= 4 is 51.4 Å². The lowest BCUT2D eigenvalue weighted by Crippen LogP contribution is -2.36. The summed E-state index contributed by atoms with van der Waals surface area (Å²) >= 11 is 1.99. The largest absolute Gasteiger partial charge is 0.504 e. The fourth-order valence-electron chi connectivity index (χ4n) is 4.17. The third-order valence-electron chi connectivity index (χ3n) is 5.52. The maximum absolute atomic E-state index is 13.1. The first-order chi connectivity index (χ1) is 14.5. The van der Waals surface area contributed by atoms with Crippen molar-refractivity contribution in [3.8, 4) is 11.5 Å². The summed E-state index contributed by atoms with van der Waals surface area (Å²) < 4.78 is 6.03. The third kappa shape index (κ3) is 2.79. The number of hydrogen-bond acceptors (Lipinski definition) is 5. The highest BCUT2D eigenvalue weighted by Gasteiger charge is 2.35. The average molecular weight is 512 g/mol. The third-order valence-corrected chi connectivity index (χ3v) is 6.34. The fraction of sp³-hybridized carbons (Fsp3) is 0.174. The van der Waals surface area contributed by atoms with Gasteiger partial charge in [0.05, 0.1) is 27.5 Å². The van der Waals surface area contributed by atoms with Gasteiger partial charge in [-0.15, -0.1) is 0 Å². The molecule has 0 atom stereocenters. The molecular weight excluding hydrogens is 495 g/mol. The van der Waals surface area contributed by atoms with Crippen LogP contribution in [0.1, 0.15) is 44.3 Å². The van der Waals surface area contributed by atoms with Crippen molar-refractivity contribution in [2.45, 2.75) is 19.8 Å². The van der Waals surface area contributed by atoms with Crippen molar-refractivity contribution in [2.75, 3.05) is 6.61 Å². The van der Waals surface area contributed by atoms with Gasteiger partial charge in [-0.2, -0.15) is 10.1 Å². The number of hydrazone groups is 1. The fourth-order valence-corrected chi connectivity index (χ4v) is 4.79. The number of halogens is 1. The van der Waals surface area contributed by atoms with E-state index in [-0.39, 0.29) is 5.75 Å². The molecule has 150 valence electrons. The Kier molecular flexibility index (Phi) is 4.50. The molecule has 30 heavy (non-hydrogen) atoms. The van der Waals surface area contributed by atoms with E-state index in [9.17, 15) is 14.7 Å². The van der Waals surface area contributed by atoms with Crippen LogP contribution in [-0.4, -0.2) is 34.8 Å². The molecule has 0 fully saturated rings. The van der Waals surface area contributed by atoms with Crippen LogP contribution >= 0.6 is 22.6 Å². The Morgan fingerprint density at radius 1 is 1.07 bits per heavy atom. The zero-order valence-corrected chi connectivity index (χ0v) is 18.3. The monoisotopic (exact) mass is 512 g/mol. The zero-order chi connectivity index (χ0) is 21.0. The van der Waals surface area contributed by atoms with E-state index in [0.717, 1.165) is 28.6 Å². The van der Waals surface area contributed by atoms with Crippen LogP contribution in [0.4, 0.5) is 0 Å². The van der Waals surface area contributed by atoms with Crippen LogP contribution < -0.4 is 4.74 Å². The number of imide groups is 1. The summed E-state index contributed by atoms with van der Waals surface area (Å²) in [5.41, 5.74) is 3.98. The Morgan fingerprint density at radius 2 is 1.70 bits per heavy atom. The van der Waals surface area contributed by atoms with Crippen molar-refractivity contribution in [2.24, 2.45) is 5.10 Å². The maximum atomic E-state index is 13.1. The molecule has 0 aromatic heterocycles. The molecule has 0 saturated heterocycles. The van der Waals surface area contributed by atoms with Gasteiger partial charge in [-0.3, -0.25) is 9.59 Å². The van der Waals surface area contributed by atoms with Gasteiger partial charge in [0.15, 0.2) is 11.5 Å². The number of amides is 2. The highest BCUT2D eigenvalue weighted by Crippen LogP contribution is 2.38. The number of aromatic hydroxyl groups is 1. The molecule has 7 heteroatoms. The summed E-state index contributed by atoms with van der Waals surface area (Å²) in [5, 5.41) is 17.0. The summed E-state index contributed by atoms with van der Waals surface area (Å²) in [6.07, 6.45) is 3.30. The second-order valence-corrected chi connectivity index (χ2v) is 8.41. The quantitative estimate of drug-likeness (QED) is 0.322. The molecule has 0 radical (unpaired) electrons. The van der Waals surface area contributed by atoms with Gasteiger partial charge in [-0.05, 0) is 88.7 Å². The number of ether oxygens (including phenoxy) is 1. The van der Waals surface area contributed by atoms with E-state index in [1.54, 1.807) is 24.3 Å². The van der Waals surface area contributed by atoms with Crippen LogP contribution in [0, 0.1) is 3.57 Å². The minimum atomic E-state index is -0.433. The van der Waals surface area contributed by atoms with Crippen LogP contribution in [0.25, 0.3) is 10.8 Å². The lowest BCUT2D eigenvalue weighted by atomic mass is 9.92. The van der Waals surface area contributed by atoms with Crippen LogP contribution in [0.5, 0.6) is 11.5 Å². The summed E-state index contributed by atoms with van der Waals surface area (Å²) in [7, 11) is 0. The highest BCUT2D eigenvalue weighted by atomic mass is 127. The molecule has 2 amide bonds. The van der Waals surface area contributed by atoms with Crippen molar-refractivity contribution in [3.63, 3.8) is 0 Å². The number of rotatable bonds is 4. The average Bonchev–Trinajstić information content (AvgIpc) is 3.16. The Bertz CT molecular complexity index is 1220. The molecule has 1 aliphatic heterocycles. The molecule has 1 N–H and O–H groups in total. The summed E-state index contributed by atoms with van der Waals surface area (Å²) in [6.45, 7) is 2.22. The number of hydrogen-bond donors (Lipinski definition) is 1. The summed E-state index contributed by atoms with van der Waals surface area (Å²) in [5.74, 6) is -0.483. The Labute approximate surface area is 186 Å². The van der Waals surface area contributed by atoms with E-state index in [4.69, 9.17) is 4.74 Å². The Morgan fingerprint density at radius 3 is 2.30 bits per heavy atom. The van der Waals surface area contributed by atoms with Gasteiger partial charge in [-0.25, -0.2) is 0 Å². The lowest BCUT2D eigenvalue weighted by Gasteiger charge is -2.23. The molecule has 0 bridgehead atoms. The van der Waals surface area contributed by atoms with Gasteiger partial charge in [-0.1, -0.05) is 12.1 Å². The first-order valence-corrected chi connectivity index (χ1v) is 10.7. The molecule has 1 heterocycles. The molecule has 3 aromatic rings. The van der Waals surface area contributed by atoms with E-state index in [0.29, 0.717) is 32.6 Å². The number of carbonyl (C=O) groups is 2. The molecule has 3 aromatic carbocycles. The van der Waals surface area contributed by atoms with Crippen LogP contribution in [0.2, 0.25) is 0 Å². The predicted molar refractivity (Wildman–Crippen MR) is 121 cm³/mol. The normalized spacial score (nSPS) is 14.9. The minimum absolute atomic E-state index is 0.0532. The molecular formula is C23H17IN2O4. The van der Waals surface area contributed by atoms with Crippen LogP contribution in [0.3, 0.4) is 0 Å². The van der Waals surface area contributed by atoms with E-state index in [1.165, 1.54) is 17.3 Å². The molecule has 6 nitrogen and oxygen atoms in total. The molecule has 2 aliphatic rings. The van der Waals surface area contributed by atoms with Crippen LogP contribution in [-0.2, 0) is 12.8 Å². The van der Waals surface area contributed by atoms with Crippen molar-refractivity contribution in [1.82, 2.24) is 5.01 Å². The van der Waals surface area contributed by atoms with Gasteiger partial charge >= 0.3 is 0 Å². The lowest BCUT2D eigenvalue weighted by molar-refractivity contribution is 0.0616. The van der Waals surface area contributed by atoms with E-state index >= 15 is 0 Å². The smallest absolute Gasteiger partial charge is 0.282 e. The number of benzene rings is 3. The maximum Gasteiger partial charge on any atom is 0.282 e.